The van der Waals surface area contributed by atoms with Crippen molar-refractivity contribution in [3.63, 3.8) is 0 Å². The molecule has 0 saturated carbocycles. The molecule has 3 nitrogen and oxygen atoms in total. The zero-order valence-corrected chi connectivity index (χ0v) is 15.5. The molecule has 0 bridgehead atoms. The van der Waals surface area contributed by atoms with Crippen LogP contribution in [0, 0.1) is 22.5 Å². The minimum absolute atomic E-state index is 0.171. The van der Waals surface area contributed by atoms with Gasteiger partial charge in [0.15, 0.2) is 0 Å². The molecule has 26 heavy (non-hydrogen) atoms. The number of benzene rings is 2. The highest BCUT2D eigenvalue weighted by Gasteiger charge is 2.43. The summed E-state index contributed by atoms with van der Waals surface area (Å²) in [5, 5.41) is 11.4. The Balaban J connectivity index is 2.27. The van der Waals surface area contributed by atoms with Crippen LogP contribution in [0.3, 0.4) is 0 Å². The minimum Gasteiger partial charge on any atom is -0.258 e. The van der Waals surface area contributed by atoms with Crippen molar-refractivity contribution >= 4 is 5.69 Å². The van der Waals surface area contributed by atoms with Crippen LogP contribution in [0.25, 0.3) is 11.1 Å². The summed E-state index contributed by atoms with van der Waals surface area (Å²) in [6, 6.07) is 11.5. The third kappa shape index (κ3) is 2.90. The molecule has 3 rings (SSSR count). The average molecular weight is 347 g/mol. The second-order valence-electron chi connectivity index (χ2n) is 7.18. The number of non-ortho nitro benzene ring substituents is 1. The van der Waals surface area contributed by atoms with Gasteiger partial charge in [-0.05, 0) is 53.3 Å². The van der Waals surface area contributed by atoms with Crippen LogP contribution >= 0.6 is 0 Å². The first-order chi connectivity index (χ1) is 12.6. The molecule has 134 valence electrons. The van der Waals surface area contributed by atoms with Crippen LogP contribution in [-0.4, -0.2) is 4.92 Å². The Hall–Kier alpha value is -2.60. The summed E-state index contributed by atoms with van der Waals surface area (Å²) in [5.41, 5.74) is 5.55. The predicted octanol–water partition coefficient (Wildman–Crippen LogP) is 6.22. The minimum atomic E-state index is -0.291. The molecular weight excluding hydrogens is 322 g/mol. The van der Waals surface area contributed by atoms with E-state index in [1.807, 2.05) is 12.1 Å². The monoisotopic (exact) mass is 347 g/mol. The summed E-state index contributed by atoms with van der Waals surface area (Å²) >= 11 is 0. The quantitative estimate of drug-likeness (QED) is 0.339. The maximum Gasteiger partial charge on any atom is 0.269 e. The van der Waals surface area contributed by atoms with E-state index in [1.165, 1.54) is 11.1 Å². The molecule has 3 heteroatoms. The molecule has 2 aromatic rings. The van der Waals surface area contributed by atoms with Crippen molar-refractivity contribution in [2.75, 3.05) is 0 Å². The Kier molecular flexibility index (Phi) is 5.13. The molecule has 2 aromatic carbocycles. The molecule has 0 fully saturated rings. The predicted molar refractivity (Wildman–Crippen MR) is 106 cm³/mol. The average Bonchev–Trinajstić information content (AvgIpc) is 2.93. The summed E-state index contributed by atoms with van der Waals surface area (Å²) in [6.45, 7) is 4.38. The van der Waals surface area contributed by atoms with Gasteiger partial charge in [0, 0.05) is 23.1 Å². The van der Waals surface area contributed by atoms with Crippen molar-refractivity contribution < 1.29 is 4.92 Å². The molecule has 0 aromatic heterocycles. The van der Waals surface area contributed by atoms with Gasteiger partial charge < -0.3 is 0 Å². The lowest BCUT2D eigenvalue weighted by atomic mass is 9.70. The van der Waals surface area contributed by atoms with Gasteiger partial charge in [0.25, 0.3) is 5.69 Å². The largest absolute Gasteiger partial charge is 0.269 e. The Morgan fingerprint density at radius 3 is 2.12 bits per heavy atom. The fraction of sp³-hybridized carbons (Fsp3) is 0.391. The highest BCUT2D eigenvalue weighted by Crippen LogP contribution is 2.54. The van der Waals surface area contributed by atoms with Gasteiger partial charge in [0.2, 0.25) is 0 Å². The number of unbranched alkanes of at least 4 members (excludes halogenated alkanes) is 2. The third-order valence-corrected chi connectivity index (χ3v) is 5.64. The molecule has 0 aliphatic heterocycles. The van der Waals surface area contributed by atoms with Gasteiger partial charge in [-0.1, -0.05) is 51.5 Å². The highest BCUT2D eigenvalue weighted by molar-refractivity contribution is 5.82. The van der Waals surface area contributed by atoms with Gasteiger partial charge >= 0.3 is 0 Å². The summed E-state index contributed by atoms with van der Waals surface area (Å²) in [6.07, 6.45) is 12.0. The second kappa shape index (κ2) is 7.33. The highest BCUT2D eigenvalue weighted by atomic mass is 16.6. The fourth-order valence-electron chi connectivity index (χ4n) is 4.31. The van der Waals surface area contributed by atoms with E-state index in [1.54, 1.807) is 12.1 Å². The third-order valence-electron chi connectivity index (χ3n) is 5.64. The van der Waals surface area contributed by atoms with E-state index in [4.69, 9.17) is 6.42 Å². The molecule has 1 aliphatic rings. The van der Waals surface area contributed by atoms with Gasteiger partial charge in [0.1, 0.15) is 0 Å². The summed E-state index contributed by atoms with van der Waals surface area (Å²) in [7, 11) is 0. The van der Waals surface area contributed by atoms with Crippen LogP contribution in [0.5, 0.6) is 0 Å². The topological polar surface area (TPSA) is 43.1 Å². The van der Waals surface area contributed by atoms with Crippen LogP contribution in [0.4, 0.5) is 5.69 Å². The Labute approximate surface area is 155 Å². The van der Waals surface area contributed by atoms with Crippen molar-refractivity contribution in [2.24, 2.45) is 0 Å². The number of rotatable bonds is 7. The van der Waals surface area contributed by atoms with Gasteiger partial charge in [0.05, 0.1) is 4.92 Å². The molecule has 0 saturated heterocycles. The first kappa shape index (κ1) is 18.2. The SMILES string of the molecule is C#Cc1ccc2c(c1)C(CCCC)(CCCC)c1cc([N+](=O)[O-])ccc1-2. The Morgan fingerprint density at radius 1 is 1.00 bits per heavy atom. The molecule has 0 unspecified atom stereocenters. The van der Waals surface area contributed by atoms with Gasteiger partial charge in [-0.2, -0.15) is 0 Å². The lowest BCUT2D eigenvalue weighted by Crippen LogP contribution is -2.25. The standard InChI is InChI=1S/C23H25NO2/c1-4-7-13-23(14-8-5-2)21-15-17(6-3)9-11-19(21)20-12-10-18(24(25)26)16-22(20)23/h3,9-12,15-16H,4-5,7-8,13-14H2,1-2H3. The van der Waals surface area contributed by atoms with Gasteiger partial charge in [-0.15, -0.1) is 6.42 Å². The van der Waals surface area contributed by atoms with Crippen LogP contribution in [0.2, 0.25) is 0 Å². The van der Waals surface area contributed by atoms with Crippen molar-refractivity contribution in [1.29, 1.82) is 0 Å². The maximum absolute atomic E-state index is 11.4. The number of nitrogens with zero attached hydrogens (tertiary/aromatic N) is 1. The van der Waals surface area contributed by atoms with E-state index in [-0.39, 0.29) is 16.0 Å². The summed E-state index contributed by atoms with van der Waals surface area (Å²) in [4.78, 5) is 11.1. The summed E-state index contributed by atoms with van der Waals surface area (Å²) < 4.78 is 0. The summed E-state index contributed by atoms with van der Waals surface area (Å²) in [5.74, 6) is 2.75. The first-order valence-corrected chi connectivity index (χ1v) is 9.47. The normalized spacial score (nSPS) is 13.7. The van der Waals surface area contributed by atoms with Crippen molar-refractivity contribution in [3.05, 3.63) is 63.2 Å². The van der Waals surface area contributed by atoms with Gasteiger partial charge in [-0.25, -0.2) is 0 Å². The van der Waals surface area contributed by atoms with Crippen LogP contribution in [0.15, 0.2) is 36.4 Å². The van der Waals surface area contributed by atoms with Gasteiger partial charge in [-0.3, -0.25) is 10.1 Å². The Morgan fingerprint density at radius 2 is 1.58 bits per heavy atom. The molecule has 0 spiro atoms. The second-order valence-corrected chi connectivity index (χ2v) is 7.18. The van der Waals surface area contributed by atoms with E-state index in [9.17, 15) is 10.1 Å². The molecule has 0 atom stereocenters. The molecule has 0 radical (unpaired) electrons. The first-order valence-electron chi connectivity index (χ1n) is 9.47. The zero-order valence-electron chi connectivity index (χ0n) is 15.5. The lowest BCUT2D eigenvalue weighted by molar-refractivity contribution is -0.384. The van der Waals surface area contributed by atoms with E-state index in [0.29, 0.717) is 0 Å². The van der Waals surface area contributed by atoms with E-state index < -0.39 is 0 Å². The molecule has 1 aliphatic carbocycles. The number of fused-ring (bicyclic) bond motifs is 3. The van der Waals surface area contributed by atoms with Crippen molar-refractivity contribution in [3.8, 4) is 23.5 Å². The van der Waals surface area contributed by atoms with Crippen molar-refractivity contribution in [1.82, 2.24) is 0 Å². The molecule has 0 N–H and O–H groups in total. The smallest absolute Gasteiger partial charge is 0.258 e. The van der Waals surface area contributed by atoms with Crippen LogP contribution in [0.1, 0.15) is 69.1 Å². The van der Waals surface area contributed by atoms with Crippen LogP contribution < -0.4 is 0 Å². The molecule has 0 heterocycles. The van der Waals surface area contributed by atoms with E-state index >= 15 is 0 Å². The maximum atomic E-state index is 11.4. The van der Waals surface area contributed by atoms with E-state index in [0.717, 1.165) is 55.2 Å². The van der Waals surface area contributed by atoms with Crippen LogP contribution in [-0.2, 0) is 5.41 Å². The van der Waals surface area contributed by atoms with E-state index in [2.05, 4.69) is 31.9 Å². The zero-order chi connectivity index (χ0) is 18.7. The number of nitro groups is 1. The Bertz CT molecular complexity index is 868. The fourth-order valence-corrected chi connectivity index (χ4v) is 4.31. The number of hydrogen-bond donors (Lipinski definition) is 0. The number of terminal acetylenes is 1. The van der Waals surface area contributed by atoms with Crippen molar-refractivity contribution in [2.45, 2.75) is 57.8 Å². The molecular formula is C23H25NO2. The number of hydrogen-bond acceptors (Lipinski definition) is 2. The number of nitro benzene ring substituents is 1. The molecule has 0 amide bonds. The lowest BCUT2D eigenvalue weighted by Gasteiger charge is -2.32.